The second-order valence-electron chi connectivity index (χ2n) is 4.87. The molecule has 19 heavy (non-hydrogen) atoms. The largest absolute Gasteiger partial charge is 0.312 e. The highest BCUT2D eigenvalue weighted by Crippen LogP contribution is 2.15. The van der Waals surface area contributed by atoms with Crippen molar-refractivity contribution >= 4 is 0 Å². The molecule has 2 aromatic rings. The summed E-state index contributed by atoms with van der Waals surface area (Å²) in [5, 5.41) is 3.28. The average Bonchev–Trinajstić information content (AvgIpc) is 2.40. The molecule has 1 unspecified atom stereocenters. The number of aromatic nitrogens is 1. The molecule has 0 fully saturated rings. The van der Waals surface area contributed by atoms with Crippen LogP contribution < -0.4 is 10.9 Å². The summed E-state index contributed by atoms with van der Waals surface area (Å²) in [5.74, 6) is 0. The van der Waals surface area contributed by atoms with E-state index in [1.54, 1.807) is 16.7 Å². The minimum absolute atomic E-state index is 0.0485. The normalized spacial score (nSPS) is 12.4. The van der Waals surface area contributed by atoms with E-state index in [0.717, 1.165) is 5.69 Å². The monoisotopic (exact) mass is 256 g/mol. The predicted octanol–water partition coefficient (Wildman–Crippen LogP) is 2.43. The van der Waals surface area contributed by atoms with E-state index in [-0.39, 0.29) is 11.6 Å². The zero-order valence-electron chi connectivity index (χ0n) is 11.7. The molecule has 1 aromatic heterocycles. The van der Waals surface area contributed by atoms with Crippen molar-refractivity contribution in [2.45, 2.75) is 26.4 Å². The summed E-state index contributed by atoms with van der Waals surface area (Å²) in [5.41, 5.74) is 3.47. The Kier molecular flexibility index (Phi) is 4.17. The van der Waals surface area contributed by atoms with Crippen molar-refractivity contribution in [1.29, 1.82) is 0 Å². The molecule has 3 nitrogen and oxygen atoms in total. The van der Waals surface area contributed by atoms with Gasteiger partial charge in [-0.05, 0) is 32.5 Å². The zero-order chi connectivity index (χ0) is 13.8. The molecule has 1 N–H and O–H groups in total. The highest BCUT2D eigenvalue weighted by atomic mass is 16.1. The van der Waals surface area contributed by atoms with Crippen LogP contribution in [0.15, 0.2) is 47.3 Å². The Morgan fingerprint density at radius 3 is 2.37 bits per heavy atom. The second kappa shape index (κ2) is 5.85. The zero-order valence-corrected chi connectivity index (χ0v) is 11.7. The molecule has 0 saturated heterocycles. The van der Waals surface area contributed by atoms with Gasteiger partial charge in [-0.2, -0.15) is 0 Å². The fourth-order valence-electron chi connectivity index (χ4n) is 2.20. The number of pyridine rings is 1. The van der Waals surface area contributed by atoms with Gasteiger partial charge < -0.3 is 9.88 Å². The van der Waals surface area contributed by atoms with Gasteiger partial charge in [0.25, 0.3) is 5.56 Å². The van der Waals surface area contributed by atoms with Gasteiger partial charge in [0.05, 0.1) is 6.04 Å². The van der Waals surface area contributed by atoms with Crippen molar-refractivity contribution in [3.63, 3.8) is 0 Å². The SMILES string of the molecule is CNC(Cn1c(C)cccc1=O)c1ccc(C)cc1. The molecule has 2 rings (SSSR count). The lowest BCUT2D eigenvalue weighted by Gasteiger charge is -2.19. The molecule has 1 aromatic carbocycles. The Morgan fingerprint density at radius 1 is 1.11 bits per heavy atom. The van der Waals surface area contributed by atoms with Crippen molar-refractivity contribution in [3.8, 4) is 0 Å². The molecule has 0 aliphatic rings. The standard InChI is InChI=1S/C16H20N2O/c1-12-7-9-14(10-8-12)15(17-3)11-18-13(2)5-4-6-16(18)19/h4-10,15,17H,11H2,1-3H3. The van der Waals surface area contributed by atoms with Crippen LogP contribution in [0.3, 0.4) is 0 Å². The van der Waals surface area contributed by atoms with Gasteiger partial charge in [0.15, 0.2) is 0 Å². The van der Waals surface area contributed by atoms with Crippen molar-refractivity contribution in [2.24, 2.45) is 0 Å². The third-order valence-corrected chi connectivity index (χ3v) is 3.46. The minimum Gasteiger partial charge on any atom is -0.312 e. The number of aryl methyl sites for hydroxylation is 2. The molecular weight excluding hydrogens is 236 g/mol. The maximum atomic E-state index is 11.9. The van der Waals surface area contributed by atoms with Crippen molar-refractivity contribution in [2.75, 3.05) is 7.05 Å². The first-order chi connectivity index (χ1) is 9.11. The maximum Gasteiger partial charge on any atom is 0.250 e. The summed E-state index contributed by atoms with van der Waals surface area (Å²) >= 11 is 0. The van der Waals surface area contributed by atoms with Crippen LogP contribution >= 0.6 is 0 Å². The van der Waals surface area contributed by atoms with Crippen molar-refractivity contribution in [1.82, 2.24) is 9.88 Å². The molecule has 0 bridgehead atoms. The van der Waals surface area contributed by atoms with Crippen molar-refractivity contribution < 1.29 is 0 Å². The van der Waals surface area contributed by atoms with Crippen LogP contribution in [-0.4, -0.2) is 11.6 Å². The van der Waals surface area contributed by atoms with Crippen LogP contribution in [-0.2, 0) is 6.54 Å². The highest BCUT2D eigenvalue weighted by molar-refractivity contribution is 5.24. The smallest absolute Gasteiger partial charge is 0.250 e. The quantitative estimate of drug-likeness (QED) is 0.911. The summed E-state index contributed by atoms with van der Waals surface area (Å²) in [6, 6.07) is 13.9. The Balaban J connectivity index is 2.29. The first kappa shape index (κ1) is 13.6. The van der Waals surface area contributed by atoms with Crippen molar-refractivity contribution in [3.05, 3.63) is 69.6 Å². The van der Waals surface area contributed by atoms with E-state index in [2.05, 4.69) is 36.5 Å². The third kappa shape index (κ3) is 3.12. The molecular formula is C16H20N2O. The lowest BCUT2D eigenvalue weighted by molar-refractivity contribution is 0.484. The van der Waals surface area contributed by atoms with E-state index >= 15 is 0 Å². The van der Waals surface area contributed by atoms with Gasteiger partial charge in [0.1, 0.15) is 0 Å². The fourth-order valence-corrected chi connectivity index (χ4v) is 2.20. The number of hydrogen-bond acceptors (Lipinski definition) is 2. The van der Waals surface area contributed by atoms with E-state index in [1.165, 1.54) is 11.1 Å². The van der Waals surface area contributed by atoms with E-state index < -0.39 is 0 Å². The number of likely N-dealkylation sites (N-methyl/N-ethyl adjacent to an activating group) is 1. The van der Waals surface area contributed by atoms with Crippen LogP contribution in [0.2, 0.25) is 0 Å². The van der Waals surface area contributed by atoms with Gasteiger partial charge in [-0.1, -0.05) is 35.9 Å². The Morgan fingerprint density at radius 2 is 1.79 bits per heavy atom. The Hall–Kier alpha value is -1.87. The molecule has 0 saturated carbocycles. The van der Waals surface area contributed by atoms with E-state index in [1.807, 2.05) is 20.0 Å². The molecule has 0 amide bonds. The van der Waals surface area contributed by atoms with Crippen LogP contribution in [0.4, 0.5) is 0 Å². The topological polar surface area (TPSA) is 34.0 Å². The van der Waals surface area contributed by atoms with Gasteiger partial charge in [-0.15, -0.1) is 0 Å². The van der Waals surface area contributed by atoms with Crippen LogP contribution in [0.5, 0.6) is 0 Å². The van der Waals surface area contributed by atoms with Gasteiger partial charge >= 0.3 is 0 Å². The minimum atomic E-state index is 0.0485. The van der Waals surface area contributed by atoms with Crippen LogP contribution in [0.25, 0.3) is 0 Å². The van der Waals surface area contributed by atoms with Crippen LogP contribution in [0, 0.1) is 13.8 Å². The lowest BCUT2D eigenvalue weighted by Crippen LogP contribution is -2.29. The summed E-state index contributed by atoms with van der Waals surface area (Å²) in [7, 11) is 1.92. The number of benzene rings is 1. The molecule has 1 atom stereocenters. The summed E-state index contributed by atoms with van der Waals surface area (Å²) in [4.78, 5) is 11.9. The van der Waals surface area contributed by atoms with E-state index in [4.69, 9.17) is 0 Å². The van der Waals surface area contributed by atoms with E-state index in [0.29, 0.717) is 6.54 Å². The van der Waals surface area contributed by atoms with Gasteiger partial charge in [0.2, 0.25) is 0 Å². The molecule has 100 valence electrons. The molecule has 0 radical (unpaired) electrons. The van der Waals surface area contributed by atoms with Gasteiger partial charge in [-0.3, -0.25) is 4.79 Å². The summed E-state index contributed by atoms with van der Waals surface area (Å²) in [6.45, 7) is 4.68. The number of nitrogens with one attached hydrogen (secondary N) is 1. The number of nitrogens with zero attached hydrogens (tertiary/aromatic N) is 1. The summed E-state index contributed by atoms with van der Waals surface area (Å²) < 4.78 is 1.81. The third-order valence-electron chi connectivity index (χ3n) is 3.46. The first-order valence-electron chi connectivity index (χ1n) is 6.52. The summed E-state index contributed by atoms with van der Waals surface area (Å²) in [6.07, 6.45) is 0. The van der Waals surface area contributed by atoms with Crippen LogP contribution in [0.1, 0.15) is 22.9 Å². The Labute approximate surface area is 113 Å². The average molecular weight is 256 g/mol. The lowest BCUT2D eigenvalue weighted by atomic mass is 10.1. The highest BCUT2D eigenvalue weighted by Gasteiger charge is 2.11. The number of hydrogen-bond donors (Lipinski definition) is 1. The molecule has 3 heteroatoms. The molecule has 0 aliphatic carbocycles. The Bertz CT molecular complexity index is 599. The van der Waals surface area contributed by atoms with Gasteiger partial charge in [-0.25, -0.2) is 0 Å². The predicted molar refractivity (Wildman–Crippen MR) is 78.4 cm³/mol. The fraction of sp³-hybridized carbons (Fsp3) is 0.312. The first-order valence-corrected chi connectivity index (χ1v) is 6.52. The molecule has 0 spiro atoms. The second-order valence-corrected chi connectivity index (χ2v) is 4.87. The van der Waals surface area contributed by atoms with E-state index in [9.17, 15) is 4.79 Å². The molecule has 0 aliphatic heterocycles. The maximum absolute atomic E-state index is 11.9. The van der Waals surface area contributed by atoms with Gasteiger partial charge in [0, 0.05) is 18.3 Å². The number of rotatable bonds is 4. The molecule has 1 heterocycles.